The molecule has 10 nitrogen and oxygen atoms in total. The predicted octanol–water partition coefficient (Wildman–Crippen LogP) is 1.79. The van der Waals surface area contributed by atoms with Crippen molar-refractivity contribution < 1.29 is 23.8 Å². The summed E-state index contributed by atoms with van der Waals surface area (Å²) in [5, 5.41) is 20.0. The van der Waals surface area contributed by atoms with Crippen LogP contribution in [-0.2, 0) is 4.74 Å². The number of hydrogen-bond donors (Lipinski definition) is 2. The number of hydrogen-bond acceptors (Lipinski definition) is 7. The maximum Gasteiger partial charge on any atom is 0.337 e. The lowest BCUT2D eigenvalue weighted by molar-refractivity contribution is -0.0112. The van der Waals surface area contributed by atoms with Gasteiger partial charge in [0, 0.05) is 19.5 Å². The molecular formula is C19H19FN6O4. The van der Waals surface area contributed by atoms with Crippen LogP contribution in [0.2, 0.25) is 0 Å². The van der Waals surface area contributed by atoms with Crippen molar-refractivity contribution in [3.63, 3.8) is 0 Å². The third kappa shape index (κ3) is 4.46. The summed E-state index contributed by atoms with van der Waals surface area (Å²) in [7, 11) is 1.48. The Kier molecular flexibility index (Phi) is 5.83. The first-order valence-corrected chi connectivity index (χ1v) is 8.79. The predicted molar refractivity (Wildman–Crippen MR) is 102 cm³/mol. The second kappa shape index (κ2) is 8.33. The first-order chi connectivity index (χ1) is 14.2. The van der Waals surface area contributed by atoms with Crippen molar-refractivity contribution in [2.45, 2.75) is 25.5 Å². The SMILES string of the molecule is COC(C)(C)C(NC(=O)c1cncc(F)c1)c1cn(-c2cncc(C(=O)O)c2)nn1. The molecule has 0 spiro atoms. The number of aromatic nitrogens is 5. The fourth-order valence-electron chi connectivity index (χ4n) is 2.68. The maximum absolute atomic E-state index is 13.4. The molecule has 1 unspecified atom stereocenters. The standard InChI is InChI=1S/C19H19FN6O4/c1-19(2,30-3)16(23-17(27)11-4-13(20)8-21-6-11)15-10-26(25-24-15)14-5-12(18(28)29)7-22-9-14/h4-10,16H,1-3H3,(H,23,27)(H,28,29). The largest absolute Gasteiger partial charge is 0.478 e. The van der Waals surface area contributed by atoms with Crippen molar-refractivity contribution in [1.82, 2.24) is 30.3 Å². The highest BCUT2D eigenvalue weighted by atomic mass is 19.1. The molecule has 1 atom stereocenters. The van der Waals surface area contributed by atoms with Gasteiger partial charge in [0.05, 0.1) is 41.0 Å². The Labute approximate surface area is 170 Å². The van der Waals surface area contributed by atoms with Gasteiger partial charge in [0.15, 0.2) is 0 Å². The molecule has 11 heteroatoms. The van der Waals surface area contributed by atoms with Crippen LogP contribution >= 0.6 is 0 Å². The van der Waals surface area contributed by atoms with Gasteiger partial charge in [0.1, 0.15) is 17.6 Å². The van der Waals surface area contributed by atoms with E-state index in [0.717, 1.165) is 12.3 Å². The van der Waals surface area contributed by atoms with Gasteiger partial charge in [0.2, 0.25) is 0 Å². The number of nitrogens with zero attached hydrogens (tertiary/aromatic N) is 5. The van der Waals surface area contributed by atoms with Gasteiger partial charge in [-0.15, -0.1) is 5.10 Å². The lowest BCUT2D eigenvalue weighted by Gasteiger charge is -2.32. The highest BCUT2D eigenvalue weighted by molar-refractivity contribution is 5.94. The number of pyridine rings is 2. The van der Waals surface area contributed by atoms with E-state index in [1.807, 2.05) is 0 Å². The van der Waals surface area contributed by atoms with Gasteiger partial charge in [-0.1, -0.05) is 5.21 Å². The molecule has 0 aromatic carbocycles. The molecule has 3 rings (SSSR count). The number of carbonyl (C=O) groups excluding carboxylic acids is 1. The number of nitrogens with one attached hydrogen (secondary N) is 1. The van der Waals surface area contributed by atoms with Crippen molar-refractivity contribution in [3.05, 3.63) is 65.8 Å². The van der Waals surface area contributed by atoms with Gasteiger partial charge in [-0.25, -0.2) is 13.9 Å². The van der Waals surface area contributed by atoms with Crippen molar-refractivity contribution in [2.24, 2.45) is 0 Å². The van der Waals surface area contributed by atoms with Gasteiger partial charge in [-0.2, -0.15) is 0 Å². The average Bonchev–Trinajstić information content (AvgIpc) is 3.21. The Morgan fingerprint density at radius 1 is 1.17 bits per heavy atom. The number of halogens is 1. The molecule has 0 fully saturated rings. The van der Waals surface area contributed by atoms with Gasteiger partial charge >= 0.3 is 5.97 Å². The summed E-state index contributed by atoms with van der Waals surface area (Å²) < 4.78 is 20.3. The monoisotopic (exact) mass is 414 g/mol. The van der Waals surface area contributed by atoms with Crippen LogP contribution in [0.3, 0.4) is 0 Å². The first-order valence-electron chi connectivity index (χ1n) is 8.79. The summed E-state index contributed by atoms with van der Waals surface area (Å²) in [6.45, 7) is 3.49. The fraction of sp³-hybridized carbons (Fsp3) is 0.263. The lowest BCUT2D eigenvalue weighted by atomic mass is 9.95. The topological polar surface area (TPSA) is 132 Å². The van der Waals surface area contributed by atoms with Crippen LogP contribution in [0.15, 0.2) is 43.1 Å². The Balaban J connectivity index is 1.93. The molecule has 0 saturated carbocycles. The molecule has 30 heavy (non-hydrogen) atoms. The van der Waals surface area contributed by atoms with Crippen LogP contribution < -0.4 is 5.32 Å². The normalized spacial score (nSPS) is 12.4. The van der Waals surface area contributed by atoms with E-state index in [4.69, 9.17) is 9.84 Å². The molecule has 3 heterocycles. The van der Waals surface area contributed by atoms with E-state index in [2.05, 4.69) is 25.6 Å². The summed E-state index contributed by atoms with van der Waals surface area (Å²) in [6.07, 6.45) is 6.41. The molecule has 0 aliphatic carbocycles. The van der Waals surface area contributed by atoms with Crippen LogP contribution in [0, 0.1) is 5.82 Å². The summed E-state index contributed by atoms with van der Waals surface area (Å²) >= 11 is 0. The summed E-state index contributed by atoms with van der Waals surface area (Å²) in [6, 6.07) is 1.70. The van der Waals surface area contributed by atoms with Crippen molar-refractivity contribution in [3.8, 4) is 5.69 Å². The molecule has 0 aliphatic rings. The lowest BCUT2D eigenvalue weighted by Crippen LogP contribution is -2.43. The number of carboxylic acid groups (broad SMARTS) is 1. The number of methoxy groups -OCH3 is 1. The molecule has 3 aromatic rings. The highest BCUT2D eigenvalue weighted by Gasteiger charge is 2.35. The Morgan fingerprint density at radius 3 is 2.53 bits per heavy atom. The zero-order valence-electron chi connectivity index (χ0n) is 16.4. The Bertz CT molecular complexity index is 1080. The highest BCUT2D eigenvalue weighted by Crippen LogP contribution is 2.28. The molecule has 2 N–H and O–H groups in total. The number of carboxylic acids is 1. The molecule has 0 saturated heterocycles. The van der Waals surface area contributed by atoms with E-state index in [1.165, 1.54) is 42.6 Å². The minimum atomic E-state index is -1.13. The number of aromatic carboxylic acids is 1. The smallest absolute Gasteiger partial charge is 0.337 e. The first kappa shape index (κ1) is 21.0. The Hall–Kier alpha value is -3.73. The number of rotatable bonds is 7. The van der Waals surface area contributed by atoms with E-state index in [1.54, 1.807) is 13.8 Å². The Morgan fingerprint density at radius 2 is 1.87 bits per heavy atom. The van der Waals surface area contributed by atoms with Crippen LogP contribution in [0.4, 0.5) is 4.39 Å². The molecule has 0 bridgehead atoms. The van der Waals surface area contributed by atoms with Crippen molar-refractivity contribution in [1.29, 1.82) is 0 Å². The van der Waals surface area contributed by atoms with Gasteiger partial charge in [0.25, 0.3) is 5.91 Å². The summed E-state index contributed by atoms with van der Waals surface area (Å²) in [5.41, 5.74) is -0.148. The molecule has 1 amide bonds. The van der Waals surface area contributed by atoms with E-state index in [9.17, 15) is 14.0 Å². The van der Waals surface area contributed by atoms with Crippen LogP contribution in [0.5, 0.6) is 0 Å². The van der Waals surface area contributed by atoms with E-state index in [-0.39, 0.29) is 11.1 Å². The minimum absolute atomic E-state index is 0.00905. The van der Waals surface area contributed by atoms with Crippen LogP contribution in [0.1, 0.15) is 46.3 Å². The number of amides is 1. The van der Waals surface area contributed by atoms with E-state index >= 15 is 0 Å². The van der Waals surface area contributed by atoms with Crippen molar-refractivity contribution >= 4 is 11.9 Å². The number of carbonyl (C=O) groups is 2. The summed E-state index contributed by atoms with van der Waals surface area (Å²) in [4.78, 5) is 31.4. The molecule has 0 aliphatic heterocycles. The second-order valence-electron chi connectivity index (χ2n) is 6.93. The quantitative estimate of drug-likeness (QED) is 0.598. The van der Waals surface area contributed by atoms with Crippen molar-refractivity contribution in [2.75, 3.05) is 7.11 Å². The van der Waals surface area contributed by atoms with Crippen LogP contribution in [-0.4, -0.2) is 54.7 Å². The molecule has 156 valence electrons. The fourth-order valence-corrected chi connectivity index (χ4v) is 2.68. The van der Waals surface area contributed by atoms with E-state index < -0.39 is 29.3 Å². The van der Waals surface area contributed by atoms with Gasteiger partial charge in [-0.3, -0.25) is 14.8 Å². The van der Waals surface area contributed by atoms with E-state index in [0.29, 0.717) is 11.4 Å². The zero-order chi connectivity index (χ0) is 21.9. The maximum atomic E-state index is 13.4. The van der Waals surface area contributed by atoms with Gasteiger partial charge in [-0.05, 0) is 26.0 Å². The van der Waals surface area contributed by atoms with Gasteiger partial charge < -0.3 is 15.2 Å². The molecule has 0 radical (unpaired) electrons. The van der Waals surface area contributed by atoms with Crippen LogP contribution in [0.25, 0.3) is 5.69 Å². The third-order valence-electron chi connectivity index (χ3n) is 4.51. The minimum Gasteiger partial charge on any atom is -0.478 e. The molecule has 3 aromatic heterocycles. The molecular weight excluding hydrogens is 395 g/mol. The summed E-state index contributed by atoms with van der Waals surface area (Å²) in [5.74, 6) is -2.33. The third-order valence-corrected chi connectivity index (χ3v) is 4.51. The number of ether oxygens (including phenoxy) is 1. The second-order valence-corrected chi connectivity index (χ2v) is 6.93. The average molecular weight is 414 g/mol. The zero-order valence-corrected chi connectivity index (χ0v) is 16.4.